The van der Waals surface area contributed by atoms with Gasteiger partial charge in [0.05, 0.1) is 12.7 Å². The lowest BCUT2D eigenvalue weighted by Gasteiger charge is -2.01. The summed E-state index contributed by atoms with van der Waals surface area (Å²) < 4.78 is 1.88. The molecule has 2 N–H and O–H groups in total. The fourth-order valence-electron chi connectivity index (χ4n) is 1.27. The summed E-state index contributed by atoms with van der Waals surface area (Å²) in [6.45, 7) is 2.76. The minimum absolute atomic E-state index is 0.547. The molecule has 0 bridgehead atoms. The largest absolute Gasteiger partial charge is 0.384 e. The number of pyridine rings is 1. The fourth-order valence-corrected chi connectivity index (χ4v) is 1.27. The Balaban J connectivity index is 2.15. The second kappa shape index (κ2) is 3.49. The van der Waals surface area contributed by atoms with Crippen LogP contribution in [0.2, 0.25) is 0 Å². The predicted molar refractivity (Wildman–Crippen MR) is 54.7 cm³/mol. The van der Waals surface area contributed by atoms with Crippen LogP contribution in [0.25, 0.3) is 0 Å². The molecule has 14 heavy (non-hydrogen) atoms. The molecule has 0 aliphatic heterocycles. The molecule has 0 radical (unpaired) electrons. The molecule has 2 aromatic rings. The third-order valence-corrected chi connectivity index (χ3v) is 1.95. The summed E-state index contributed by atoms with van der Waals surface area (Å²) in [6, 6.07) is 3.75. The number of aromatic nitrogens is 3. The lowest BCUT2D eigenvalue weighted by molar-refractivity contribution is 0.684. The van der Waals surface area contributed by atoms with Crippen molar-refractivity contribution in [3.63, 3.8) is 0 Å². The molecule has 0 atom stereocenters. The van der Waals surface area contributed by atoms with Crippen LogP contribution in [0.15, 0.2) is 30.7 Å². The summed E-state index contributed by atoms with van der Waals surface area (Å²) in [6.07, 6.45) is 5.60. The van der Waals surface area contributed by atoms with Gasteiger partial charge in [-0.15, -0.1) is 0 Å². The van der Waals surface area contributed by atoms with Gasteiger partial charge in [-0.3, -0.25) is 4.68 Å². The van der Waals surface area contributed by atoms with Crippen molar-refractivity contribution in [2.45, 2.75) is 13.5 Å². The molecule has 0 saturated heterocycles. The second-order valence-corrected chi connectivity index (χ2v) is 3.31. The monoisotopic (exact) mass is 188 g/mol. The minimum atomic E-state index is 0.547. The number of nitrogens with zero attached hydrogens (tertiary/aromatic N) is 3. The molecule has 4 heteroatoms. The summed E-state index contributed by atoms with van der Waals surface area (Å²) in [5, 5.41) is 4.19. The lowest BCUT2D eigenvalue weighted by Crippen LogP contribution is -2.00. The highest BCUT2D eigenvalue weighted by Gasteiger charge is 1.96. The van der Waals surface area contributed by atoms with Crippen molar-refractivity contribution in [3.05, 3.63) is 41.9 Å². The third-order valence-electron chi connectivity index (χ3n) is 1.95. The van der Waals surface area contributed by atoms with Crippen molar-refractivity contribution in [2.24, 2.45) is 0 Å². The van der Waals surface area contributed by atoms with Crippen LogP contribution < -0.4 is 5.73 Å². The molecule has 0 aromatic carbocycles. The molecule has 2 heterocycles. The molecule has 0 fully saturated rings. The summed E-state index contributed by atoms with van der Waals surface area (Å²) in [5.74, 6) is 0.547. The summed E-state index contributed by atoms with van der Waals surface area (Å²) in [4.78, 5) is 4.02. The van der Waals surface area contributed by atoms with Gasteiger partial charge < -0.3 is 5.73 Å². The molecular weight excluding hydrogens is 176 g/mol. The van der Waals surface area contributed by atoms with E-state index in [1.807, 2.05) is 30.1 Å². The number of nitrogens with two attached hydrogens (primary N) is 1. The molecule has 72 valence electrons. The highest BCUT2D eigenvalue weighted by Crippen LogP contribution is 2.04. The SMILES string of the molecule is Cc1cnn(Cc2ccc(N)nc2)c1. The van der Waals surface area contributed by atoms with E-state index in [-0.39, 0.29) is 0 Å². The molecule has 0 spiro atoms. The number of aryl methyl sites for hydroxylation is 1. The van der Waals surface area contributed by atoms with Crippen LogP contribution in [0.3, 0.4) is 0 Å². The van der Waals surface area contributed by atoms with Gasteiger partial charge in [-0.05, 0) is 24.1 Å². The third kappa shape index (κ3) is 1.90. The first-order valence-corrected chi connectivity index (χ1v) is 4.43. The number of hydrogen-bond acceptors (Lipinski definition) is 3. The maximum atomic E-state index is 5.49. The summed E-state index contributed by atoms with van der Waals surface area (Å²) in [5.41, 5.74) is 7.75. The molecule has 4 nitrogen and oxygen atoms in total. The Kier molecular flexibility index (Phi) is 2.18. The van der Waals surface area contributed by atoms with Crippen molar-refractivity contribution in [3.8, 4) is 0 Å². The maximum Gasteiger partial charge on any atom is 0.123 e. The van der Waals surface area contributed by atoms with Gasteiger partial charge in [-0.2, -0.15) is 5.10 Å². The molecule has 0 unspecified atom stereocenters. The molecule has 2 rings (SSSR count). The lowest BCUT2D eigenvalue weighted by atomic mass is 10.3. The number of nitrogen functional groups attached to an aromatic ring is 1. The Bertz CT molecular complexity index is 416. The Morgan fingerprint density at radius 2 is 2.21 bits per heavy atom. The zero-order chi connectivity index (χ0) is 9.97. The molecule has 0 aliphatic rings. The van der Waals surface area contributed by atoms with E-state index in [1.54, 1.807) is 12.3 Å². The molecule has 2 aromatic heterocycles. The van der Waals surface area contributed by atoms with Crippen LogP contribution in [-0.4, -0.2) is 14.8 Å². The average molecular weight is 188 g/mol. The van der Waals surface area contributed by atoms with Crippen LogP contribution in [0.1, 0.15) is 11.1 Å². The van der Waals surface area contributed by atoms with Gasteiger partial charge in [0.2, 0.25) is 0 Å². The van der Waals surface area contributed by atoms with E-state index in [2.05, 4.69) is 10.1 Å². The first kappa shape index (κ1) is 8.74. The first-order valence-electron chi connectivity index (χ1n) is 4.43. The van der Waals surface area contributed by atoms with E-state index < -0.39 is 0 Å². The Hall–Kier alpha value is -1.84. The molecule has 0 amide bonds. The molecule has 0 saturated carbocycles. The van der Waals surface area contributed by atoms with Gasteiger partial charge in [0.15, 0.2) is 0 Å². The Morgan fingerprint density at radius 3 is 2.79 bits per heavy atom. The quantitative estimate of drug-likeness (QED) is 0.770. The van der Waals surface area contributed by atoms with Crippen molar-refractivity contribution in [1.29, 1.82) is 0 Å². The highest BCUT2D eigenvalue weighted by molar-refractivity contribution is 5.29. The summed E-state index contributed by atoms with van der Waals surface area (Å²) >= 11 is 0. The number of hydrogen-bond donors (Lipinski definition) is 1. The van der Waals surface area contributed by atoms with Crippen LogP contribution in [-0.2, 0) is 6.54 Å². The zero-order valence-corrected chi connectivity index (χ0v) is 8.01. The van der Waals surface area contributed by atoms with E-state index >= 15 is 0 Å². The van der Waals surface area contributed by atoms with Crippen LogP contribution in [0.5, 0.6) is 0 Å². The average Bonchev–Trinajstić information content (AvgIpc) is 2.56. The minimum Gasteiger partial charge on any atom is -0.384 e. The van der Waals surface area contributed by atoms with E-state index in [4.69, 9.17) is 5.73 Å². The normalized spacial score (nSPS) is 10.4. The van der Waals surface area contributed by atoms with Crippen molar-refractivity contribution >= 4 is 5.82 Å². The first-order chi connectivity index (χ1) is 6.74. The molecular formula is C10H12N4. The van der Waals surface area contributed by atoms with Gasteiger partial charge in [0.1, 0.15) is 5.82 Å². The fraction of sp³-hybridized carbons (Fsp3) is 0.200. The summed E-state index contributed by atoms with van der Waals surface area (Å²) in [7, 11) is 0. The van der Waals surface area contributed by atoms with Crippen LogP contribution in [0, 0.1) is 6.92 Å². The van der Waals surface area contributed by atoms with Crippen molar-refractivity contribution < 1.29 is 0 Å². The van der Waals surface area contributed by atoms with E-state index in [0.717, 1.165) is 17.7 Å². The second-order valence-electron chi connectivity index (χ2n) is 3.31. The number of rotatable bonds is 2. The van der Waals surface area contributed by atoms with Crippen molar-refractivity contribution in [1.82, 2.24) is 14.8 Å². The van der Waals surface area contributed by atoms with Gasteiger partial charge in [0, 0.05) is 12.4 Å². The molecule has 0 aliphatic carbocycles. The predicted octanol–water partition coefficient (Wildman–Crippen LogP) is 1.22. The smallest absolute Gasteiger partial charge is 0.123 e. The number of anilines is 1. The van der Waals surface area contributed by atoms with E-state index in [0.29, 0.717) is 5.82 Å². The topological polar surface area (TPSA) is 56.7 Å². The highest BCUT2D eigenvalue weighted by atomic mass is 15.3. The Labute approximate surface area is 82.4 Å². The van der Waals surface area contributed by atoms with Crippen LogP contribution >= 0.6 is 0 Å². The van der Waals surface area contributed by atoms with Gasteiger partial charge in [-0.25, -0.2) is 4.98 Å². The van der Waals surface area contributed by atoms with Crippen molar-refractivity contribution in [2.75, 3.05) is 5.73 Å². The Morgan fingerprint density at radius 1 is 1.36 bits per heavy atom. The zero-order valence-electron chi connectivity index (χ0n) is 8.01. The van der Waals surface area contributed by atoms with Gasteiger partial charge >= 0.3 is 0 Å². The van der Waals surface area contributed by atoms with Gasteiger partial charge in [-0.1, -0.05) is 6.07 Å². The van der Waals surface area contributed by atoms with Gasteiger partial charge in [0.25, 0.3) is 0 Å². The maximum absolute atomic E-state index is 5.49. The van der Waals surface area contributed by atoms with E-state index in [1.165, 1.54) is 0 Å². The standard InChI is InChI=1S/C10H12N4/c1-8-4-13-14(6-8)7-9-2-3-10(11)12-5-9/h2-6H,7H2,1H3,(H2,11,12). The van der Waals surface area contributed by atoms with Crippen LogP contribution in [0.4, 0.5) is 5.82 Å². The van der Waals surface area contributed by atoms with E-state index in [9.17, 15) is 0 Å².